The van der Waals surface area contributed by atoms with E-state index in [1.54, 1.807) is 0 Å². The molecule has 1 aliphatic rings. The molecule has 4 heteroatoms. The van der Waals surface area contributed by atoms with Crippen LogP contribution in [-0.2, 0) is 0 Å². The highest BCUT2D eigenvalue weighted by atomic mass is 16.5. The third kappa shape index (κ3) is 1.54. The number of hydrogen-bond donors (Lipinski definition) is 1. The second-order valence-corrected chi connectivity index (χ2v) is 3.44. The van der Waals surface area contributed by atoms with Crippen molar-refractivity contribution in [3.63, 3.8) is 0 Å². The van der Waals surface area contributed by atoms with Gasteiger partial charge in [-0.1, -0.05) is 12.1 Å². The normalized spacial score (nSPS) is 23.9. The molecule has 1 aliphatic heterocycles. The van der Waals surface area contributed by atoms with Gasteiger partial charge in [-0.3, -0.25) is 4.90 Å². The standard InChI is InChI=1S/C9H15N3O/c1-2-12-5-3-4-7(12)8-6-9(10)11-13-8/h6-7H,2-5H2,1H3,(H2,10,11). The molecular weight excluding hydrogens is 166 g/mol. The van der Waals surface area contributed by atoms with Gasteiger partial charge in [0, 0.05) is 6.07 Å². The number of rotatable bonds is 2. The summed E-state index contributed by atoms with van der Waals surface area (Å²) < 4.78 is 5.16. The lowest BCUT2D eigenvalue weighted by Crippen LogP contribution is -2.22. The van der Waals surface area contributed by atoms with Gasteiger partial charge in [-0.2, -0.15) is 0 Å². The van der Waals surface area contributed by atoms with Crippen LogP contribution in [0.3, 0.4) is 0 Å². The lowest BCUT2D eigenvalue weighted by atomic mass is 10.1. The molecule has 4 nitrogen and oxygen atoms in total. The summed E-state index contributed by atoms with van der Waals surface area (Å²) in [6.45, 7) is 4.38. The van der Waals surface area contributed by atoms with Gasteiger partial charge in [0.05, 0.1) is 6.04 Å². The van der Waals surface area contributed by atoms with Crippen molar-refractivity contribution in [1.29, 1.82) is 0 Å². The maximum atomic E-state index is 5.51. The highest BCUT2D eigenvalue weighted by molar-refractivity contribution is 5.28. The third-order valence-corrected chi connectivity index (χ3v) is 2.64. The Bertz CT molecular complexity index is 284. The van der Waals surface area contributed by atoms with Gasteiger partial charge in [0.1, 0.15) is 0 Å². The van der Waals surface area contributed by atoms with Crippen LogP contribution in [0, 0.1) is 0 Å². The van der Waals surface area contributed by atoms with Crippen molar-refractivity contribution in [1.82, 2.24) is 10.1 Å². The van der Waals surface area contributed by atoms with E-state index < -0.39 is 0 Å². The predicted molar refractivity (Wildman–Crippen MR) is 50.1 cm³/mol. The maximum Gasteiger partial charge on any atom is 0.167 e. The minimum absolute atomic E-state index is 0.398. The number of nitrogens with zero attached hydrogens (tertiary/aromatic N) is 2. The molecule has 0 bridgehead atoms. The zero-order chi connectivity index (χ0) is 9.26. The summed E-state index contributed by atoms with van der Waals surface area (Å²) in [6, 6.07) is 2.23. The summed E-state index contributed by atoms with van der Waals surface area (Å²) in [5.74, 6) is 1.40. The molecule has 13 heavy (non-hydrogen) atoms. The Morgan fingerprint density at radius 1 is 1.77 bits per heavy atom. The molecule has 72 valence electrons. The zero-order valence-electron chi connectivity index (χ0n) is 7.86. The Hall–Kier alpha value is -1.03. The van der Waals surface area contributed by atoms with E-state index in [2.05, 4.69) is 17.0 Å². The Morgan fingerprint density at radius 2 is 2.62 bits per heavy atom. The largest absolute Gasteiger partial charge is 0.381 e. The van der Waals surface area contributed by atoms with Crippen molar-refractivity contribution >= 4 is 5.82 Å². The molecule has 2 N–H and O–H groups in total. The fourth-order valence-corrected chi connectivity index (χ4v) is 1.99. The fraction of sp³-hybridized carbons (Fsp3) is 0.667. The molecule has 0 radical (unpaired) electrons. The van der Waals surface area contributed by atoms with Gasteiger partial charge < -0.3 is 10.3 Å². The van der Waals surface area contributed by atoms with Crippen LogP contribution in [0.15, 0.2) is 10.6 Å². The topological polar surface area (TPSA) is 55.3 Å². The first-order valence-corrected chi connectivity index (χ1v) is 4.77. The molecule has 1 fully saturated rings. The van der Waals surface area contributed by atoms with Crippen LogP contribution in [0.4, 0.5) is 5.82 Å². The molecule has 0 spiro atoms. The molecule has 2 heterocycles. The molecule has 0 amide bonds. The Morgan fingerprint density at radius 3 is 3.23 bits per heavy atom. The molecular formula is C9H15N3O. The Kier molecular flexibility index (Phi) is 2.22. The van der Waals surface area contributed by atoms with Crippen LogP contribution in [0.25, 0.3) is 0 Å². The number of nitrogen functional groups attached to an aromatic ring is 1. The van der Waals surface area contributed by atoms with Crippen LogP contribution < -0.4 is 5.73 Å². The van der Waals surface area contributed by atoms with E-state index in [9.17, 15) is 0 Å². The summed E-state index contributed by atoms with van der Waals surface area (Å²) in [6.07, 6.45) is 2.39. The molecule has 1 unspecified atom stereocenters. The molecule has 0 aromatic carbocycles. The number of anilines is 1. The molecule has 0 aliphatic carbocycles. The predicted octanol–water partition coefficient (Wildman–Crippen LogP) is 1.41. The number of hydrogen-bond acceptors (Lipinski definition) is 4. The Balaban J connectivity index is 2.15. The number of nitrogens with two attached hydrogens (primary N) is 1. The average Bonchev–Trinajstić information content (AvgIpc) is 2.71. The van der Waals surface area contributed by atoms with E-state index in [4.69, 9.17) is 10.3 Å². The van der Waals surface area contributed by atoms with Gasteiger partial charge in [-0.15, -0.1) is 0 Å². The van der Waals surface area contributed by atoms with E-state index in [0.29, 0.717) is 11.9 Å². The van der Waals surface area contributed by atoms with Crippen molar-refractivity contribution in [3.05, 3.63) is 11.8 Å². The minimum atomic E-state index is 0.398. The van der Waals surface area contributed by atoms with E-state index >= 15 is 0 Å². The van der Waals surface area contributed by atoms with Crippen LogP contribution >= 0.6 is 0 Å². The first-order valence-electron chi connectivity index (χ1n) is 4.77. The smallest absolute Gasteiger partial charge is 0.167 e. The highest BCUT2D eigenvalue weighted by Crippen LogP contribution is 2.31. The number of aromatic nitrogens is 1. The summed E-state index contributed by atoms with van der Waals surface area (Å²) in [5.41, 5.74) is 5.51. The zero-order valence-corrected chi connectivity index (χ0v) is 7.86. The van der Waals surface area contributed by atoms with Crippen molar-refractivity contribution in [2.24, 2.45) is 0 Å². The second-order valence-electron chi connectivity index (χ2n) is 3.44. The average molecular weight is 181 g/mol. The molecule has 1 aromatic heterocycles. The fourth-order valence-electron chi connectivity index (χ4n) is 1.99. The van der Waals surface area contributed by atoms with Crippen LogP contribution in [0.2, 0.25) is 0 Å². The van der Waals surface area contributed by atoms with Gasteiger partial charge in [-0.25, -0.2) is 0 Å². The van der Waals surface area contributed by atoms with Crippen molar-refractivity contribution in [2.75, 3.05) is 18.8 Å². The van der Waals surface area contributed by atoms with E-state index in [0.717, 1.165) is 25.3 Å². The monoisotopic (exact) mass is 181 g/mol. The van der Waals surface area contributed by atoms with Gasteiger partial charge in [0.25, 0.3) is 0 Å². The summed E-state index contributed by atoms with van der Waals surface area (Å²) in [4.78, 5) is 2.39. The summed E-state index contributed by atoms with van der Waals surface area (Å²) in [7, 11) is 0. The van der Waals surface area contributed by atoms with Gasteiger partial charge >= 0.3 is 0 Å². The summed E-state index contributed by atoms with van der Waals surface area (Å²) in [5, 5.41) is 3.71. The van der Waals surface area contributed by atoms with E-state index in [1.807, 2.05) is 6.07 Å². The maximum absolute atomic E-state index is 5.51. The lowest BCUT2D eigenvalue weighted by molar-refractivity contribution is 0.223. The summed E-state index contributed by atoms with van der Waals surface area (Å²) >= 11 is 0. The van der Waals surface area contributed by atoms with Gasteiger partial charge in [0.2, 0.25) is 0 Å². The van der Waals surface area contributed by atoms with Crippen molar-refractivity contribution < 1.29 is 4.52 Å². The van der Waals surface area contributed by atoms with Crippen LogP contribution in [0.5, 0.6) is 0 Å². The third-order valence-electron chi connectivity index (χ3n) is 2.64. The molecule has 1 atom stereocenters. The molecule has 0 saturated carbocycles. The van der Waals surface area contributed by atoms with Crippen LogP contribution in [-0.4, -0.2) is 23.1 Å². The first kappa shape index (κ1) is 8.56. The van der Waals surface area contributed by atoms with Crippen molar-refractivity contribution in [3.8, 4) is 0 Å². The quantitative estimate of drug-likeness (QED) is 0.749. The van der Waals surface area contributed by atoms with Gasteiger partial charge in [-0.05, 0) is 25.9 Å². The first-order chi connectivity index (χ1) is 6.31. The van der Waals surface area contributed by atoms with Crippen molar-refractivity contribution in [2.45, 2.75) is 25.8 Å². The minimum Gasteiger partial charge on any atom is -0.381 e. The lowest BCUT2D eigenvalue weighted by Gasteiger charge is -2.19. The second kappa shape index (κ2) is 3.38. The van der Waals surface area contributed by atoms with E-state index in [-0.39, 0.29) is 0 Å². The molecule has 1 aromatic rings. The van der Waals surface area contributed by atoms with Gasteiger partial charge in [0.15, 0.2) is 11.6 Å². The molecule has 1 saturated heterocycles. The Labute approximate surface area is 77.7 Å². The number of likely N-dealkylation sites (tertiary alicyclic amines) is 1. The van der Waals surface area contributed by atoms with Crippen LogP contribution in [0.1, 0.15) is 31.6 Å². The SMILES string of the molecule is CCN1CCCC1c1cc(N)no1. The highest BCUT2D eigenvalue weighted by Gasteiger charge is 2.27. The molecule has 2 rings (SSSR count). The van der Waals surface area contributed by atoms with E-state index in [1.165, 1.54) is 6.42 Å².